The molecule has 1 saturated heterocycles. The van der Waals surface area contributed by atoms with E-state index in [1.54, 1.807) is 11.3 Å². The van der Waals surface area contributed by atoms with E-state index in [9.17, 15) is 4.39 Å². The minimum absolute atomic E-state index is 0.224. The highest BCUT2D eigenvalue weighted by Crippen LogP contribution is 2.21. The second-order valence-electron chi connectivity index (χ2n) is 5.28. The molecule has 0 spiro atoms. The number of rotatable bonds is 4. The first-order valence-electron chi connectivity index (χ1n) is 7.03. The molecule has 0 amide bonds. The third kappa shape index (κ3) is 3.93. The molecule has 1 aliphatic rings. The smallest absolute Gasteiger partial charge is 0.166 e. The molecule has 0 bridgehead atoms. The van der Waals surface area contributed by atoms with Crippen molar-refractivity contribution >= 4 is 28.8 Å². The molecule has 1 aliphatic heterocycles. The van der Waals surface area contributed by atoms with Crippen molar-refractivity contribution in [3.8, 4) is 0 Å². The van der Waals surface area contributed by atoms with Crippen LogP contribution in [-0.2, 0) is 6.54 Å². The van der Waals surface area contributed by atoms with Gasteiger partial charge in [-0.15, -0.1) is 11.3 Å². The number of halogens is 2. The number of anilines is 1. The summed E-state index contributed by atoms with van der Waals surface area (Å²) in [7, 11) is 0. The van der Waals surface area contributed by atoms with E-state index in [1.165, 1.54) is 17.1 Å². The van der Waals surface area contributed by atoms with Gasteiger partial charge in [-0.3, -0.25) is 4.90 Å². The lowest BCUT2D eigenvalue weighted by Crippen LogP contribution is -2.41. The van der Waals surface area contributed by atoms with Crippen LogP contribution in [0.5, 0.6) is 0 Å². The predicted octanol–water partition coefficient (Wildman–Crippen LogP) is 4.01. The van der Waals surface area contributed by atoms with E-state index in [0.717, 1.165) is 32.5 Å². The van der Waals surface area contributed by atoms with Gasteiger partial charge in [-0.2, -0.15) is 0 Å². The average Bonchev–Trinajstić information content (AvgIpc) is 2.95. The van der Waals surface area contributed by atoms with Crippen molar-refractivity contribution in [3.05, 3.63) is 45.5 Å². The molecular weight excluding hydrogens is 309 g/mol. The Labute approximate surface area is 132 Å². The maximum Gasteiger partial charge on any atom is 0.166 e. The van der Waals surface area contributed by atoms with Gasteiger partial charge in [0.25, 0.3) is 0 Å². The number of piperidine rings is 1. The van der Waals surface area contributed by atoms with Crippen LogP contribution in [0.3, 0.4) is 0 Å². The zero-order valence-electron chi connectivity index (χ0n) is 11.6. The number of nitrogens with zero attached hydrogens (tertiary/aromatic N) is 2. The summed E-state index contributed by atoms with van der Waals surface area (Å²) in [6.45, 7) is 2.96. The quantitative estimate of drug-likeness (QED) is 0.920. The minimum Gasteiger partial charge on any atom is -0.364 e. The van der Waals surface area contributed by atoms with Crippen molar-refractivity contribution in [3.63, 3.8) is 0 Å². The third-order valence-corrected chi connectivity index (χ3v) is 4.68. The average molecular weight is 326 g/mol. The van der Waals surface area contributed by atoms with Gasteiger partial charge in [0.05, 0.1) is 5.02 Å². The molecule has 112 valence electrons. The Kier molecular flexibility index (Phi) is 4.73. The second-order valence-corrected chi connectivity index (χ2v) is 6.75. The van der Waals surface area contributed by atoms with Crippen LogP contribution in [0.2, 0.25) is 5.02 Å². The summed E-state index contributed by atoms with van der Waals surface area (Å²) >= 11 is 7.50. The first-order valence-corrected chi connectivity index (χ1v) is 8.29. The molecule has 3 heterocycles. The van der Waals surface area contributed by atoms with Gasteiger partial charge < -0.3 is 5.32 Å². The largest absolute Gasteiger partial charge is 0.364 e. The van der Waals surface area contributed by atoms with Crippen LogP contribution in [0.25, 0.3) is 0 Å². The van der Waals surface area contributed by atoms with Crippen LogP contribution in [0.15, 0.2) is 29.8 Å². The van der Waals surface area contributed by atoms with Crippen molar-refractivity contribution in [1.29, 1.82) is 0 Å². The van der Waals surface area contributed by atoms with Gasteiger partial charge >= 0.3 is 0 Å². The standard InChI is InChI=1S/C15H17ClFN3S/c16-11-7-14(17)15(18-8-11)19-12-3-1-5-20(9-12)10-13-4-2-6-21-13/h2,4,6-8,12H,1,3,5,9-10H2,(H,18,19). The van der Waals surface area contributed by atoms with Crippen molar-refractivity contribution < 1.29 is 4.39 Å². The van der Waals surface area contributed by atoms with E-state index in [2.05, 4.69) is 32.7 Å². The number of nitrogens with one attached hydrogen (secondary N) is 1. The normalized spacial score (nSPS) is 19.6. The minimum atomic E-state index is -0.391. The van der Waals surface area contributed by atoms with E-state index in [4.69, 9.17) is 11.6 Å². The van der Waals surface area contributed by atoms with Crippen LogP contribution in [0, 0.1) is 5.82 Å². The molecule has 1 fully saturated rings. The summed E-state index contributed by atoms with van der Waals surface area (Å²) in [6.07, 6.45) is 3.61. The van der Waals surface area contributed by atoms with Gasteiger partial charge in [0.1, 0.15) is 0 Å². The molecule has 3 nitrogen and oxygen atoms in total. The lowest BCUT2D eigenvalue weighted by molar-refractivity contribution is 0.210. The molecule has 0 aromatic carbocycles. The number of aromatic nitrogens is 1. The number of hydrogen-bond donors (Lipinski definition) is 1. The summed E-state index contributed by atoms with van der Waals surface area (Å²) < 4.78 is 13.8. The monoisotopic (exact) mass is 325 g/mol. The van der Waals surface area contributed by atoms with Gasteiger partial charge in [-0.05, 0) is 36.9 Å². The summed E-state index contributed by atoms with van der Waals surface area (Å²) in [5.74, 6) is -0.0970. The molecule has 3 rings (SSSR count). The Morgan fingerprint density at radius 1 is 1.52 bits per heavy atom. The summed E-state index contributed by atoms with van der Waals surface area (Å²) in [6, 6.07) is 5.75. The van der Waals surface area contributed by atoms with E-state index in [0.29, 0.717) is 10.8 Å². The maximum absolute atomic E-state index is 13.8. The fourth-order valence-electron chi connectivity index (χ4n) is 2.65. The Bertz CT molecular complexity index is 591. The second kappa shape index (κ2) is 6.73. The highest BCUT2D eigenvalue weighted by atomic mass is 35.5. The number of hydrogen-bond acceptors (Lipinski definition) is 4. The molecule has 2 aromatic rings. The van der Waals surface area contributed by atoms with Crippen LogP contribution >= 0.6 is 22.9 Å². The molecule has 1 N–H and O–H groups in total. The first-order chi connectivity index (χ1) is 10.2. The van der Waals surface area contributed by atoms with Gasteiger partial charge in [-0.25, -0.2) is 9.37 Å². The van der Waals surface area contributed by atoms with Crippen LogP contribution in [-0.4, -0.2) is 29.0 Å². The molecule has 0 saturated carbocycles. The third-order valence-electron chi connectivity index (χ3n) is 3.61. The van der Waals surface area contributed by atoms with Crippen molar-refractivity contribution in [1.82, 2.24) is 9.88 Å². The van der Waals surface area contributed by atoms with Crippen LogP contribution in [0.4, 0.5) is 10.2 Å². The van der Waals surface area contributed by atoms with E-state index in [-0.39, 0.29) is 6.04 Å². The zero-order valence-corrected chi connectivity index (χ0v) is 13.1. The number of thiophene rings is 1. The molecule has 6 heteroatoms. The molecule has 21 heavy (non-hydrogen) atoms. The van der Waals surface area contributed by atoms with Crippen molar-refractivity contribution in [2.24, 2.45) is 0 Å². The predicted molar refractivity (Wildman–Crippen MR) is 85.4 cm³/mol. The van der Waals surface area contributed by atoms with Gasteiger partial charge in [0.2, 0.25) is 0 Å². The SMILES string of the molecule is Fc1cc(Cl)cnc1NC1CCCN(Cc2cccs2)C1. The molecule has 1 atom stereocenters. The van der Waals surface area contributed by atoms with Gasteiger partial charge in [-0.1, -0.05) is 17.7 Å². The van der Waals surface area contributed by atoms with Gasteiger partial charge in [0, 0.05) is 30.2 Å². The summed E-state index contributed by atoms with van der Waals surface area (Å²) in [4.78, 5) is 7.81. The van der Waals surface area contributed by atoms with E-state index < -0.39 is 5.82 Å². The Morgan fingerprint density at radius 3 is 3.19 bits per heavy atom. The molecule has 1 unspecified atom stereocenters. The lowest BCUT2D eigenvalue weighted by atomic mass is 10.1. The molecular formula is C15H17ClFN3S. The summed E-state index contributed by atoms with van der Waals surface area (Å²) in [5.41, 5.74) is 0. The Morgan fingerprint density at radius 2 is 2.43 bits per heavy atom. The molecule has 0 aliphatic carbocycles. The number of likely N-dealkylation sites (tertiary alicyclic amines) is 1. The van der Waals surface area contributed by atoms with Crippen molar-refractivity contribution in [2.45, 2.75) is 25.4 Å². The van der Waals surface area contributed by atoms with Crippen LogP contribution in [0.1, 0.15) is 17.7 Å². The van der Waals surface area contributed by atoms with E-state index >= 15 is 0 Å². The molecule has 0 radical (unpaired) electrons. The van der Waals surface area contributed by atoms with Gasteiger partial charge in [0.15, 0.2) is 11.6 Å². The first kappa shape index (κ1) is 14.8. The highest BCUT2D eigenvalue weighted by molar-refractivity contribution is 7.09. The summed E-state index contributed by atoms with van der Waals surface area (Å²) in [5, 5.41) is 5.62. The van der Waals surface area contributed by atoms with E-state index in [1.807, 2.05) is 0 Å². The Hall–Kier alpha value is -1.17. The fraction of sp³-hybridized carbons (Fsp3) is 0.400. The number of pyridine rings is 1. The zero-order chi connectivity index (χ0) is 14.7. The lowest BCUT2D eigenvalue weighted by Gasteiger charge is -2.33. The Balaban J connectivity index is 1.60. The van der Waals surface area contributed by atoms with Crippen LogP contribution < -0.4 is 5.32 Å². The molecule has 2 aromatic heterocycles. The highest BCUT2D eigenvalue weighted by Gasteiger charge is 2.21. The fourth-order valence-corrected chi connectivity index (χ4v) is 3.54. The van der Waals surface area contributed by atoms with Crippen molar-refractivity contribution in [2.75, 3.05) is 18.4 Å². The topological polar surface area (TPSA) is 28.2 Å². The maximum atomic E-state index is 13.8.